The highest BCUT2D eigenvalue weighted by molar-refractivity contribution is 5.45. The van der Waals surface area contributed by atoms with Crippen LogP contribution in [0.15, 0.2) is 17.2 Å². The number of aromatic amines is 1. The molecule has 11 heavy (non-hydrogen) atoms. The molecule has 2 rings (SSSR count). The fraction of sp³-hybridized carbons (Fsp3) is 0. The Bertz CT molecular complexity index is 441. The molecule has 6 nitrogen and oxygen atoms in total. The maximum Gasteiger partial charge on any atom is 0.334 e. The van der Waals surface area contributed by atoms with Crippen molar-refractivity contribution >= 4 is 11.5 Å². The zero-order chi connectivity index (χ0) is 7.84. The summed E-state index contributed by atoms with van der Waals surface area (Å²) < 4.78 is 1.27. The van der Waals surface area contributed by atoms with Crippen LogP contribution in [-0.4, -0.2) is 19.6 Å². The van der Waals surface area contributed by atoms with E-state index in [9.17, 15) is 4.79 Å². The summed E-state index contributed by atoms with van der Waals surface area (Å²) in [6, 6.07) is 1.54. The molecule has 6 heteroatoms. The second-order valence-electron chi connectivity index (χ2n) is 2.09. The van der Waals surface area contributed by atoms with E-state index in [1.54, 1.807) is 0 Å². The van der Waals surface area contributed by atoms with Gasteiger partial charge in [-0.1, -0.05) is 0 Å². The van der Waals surface area contributed by atoms with Crippen molar-refractivity contribution < 1.29 is 0 Å². The normalized spacial score (nSPS) is 10.5. The first-order valence-electron chi connectivity index (χ1n) is 2.96. The van der Waals surface area contributed by atoms with Gasteiger partial charge in [0.1, 0.15) is 12.1 Å². The number of hydrogen-bond acceptors (Lipinski definition) is 4. The maximum absolute atomic E-state index is 11.0. The third-order valence-electron chi connectivity index (χ3n) is 1.33. The predicted molar refractivity (Wildman–Crippen MR) is 38.0 cm³/mol. The summed E-state index contributed by atoms with van der Waals surface area (Å²) in [5.74, 6) is 0.288. The maximum atomic E-state index is 11.0. The van der Waals surface area contributed by atoms with E-state index in [2.05, 4.69) is 15.2 Å². The summed E-state index contributed by atoms with van der Waals surface area (Å²) in [6.07, 6.45) is 1.33. The number of rotatable bonds is 0. The molecule has 0 unspecified atom stereocenters. The average Bonchev–Trinajstić information content (AvgIpc) is 2.34. The van der Waals surface area contributed by atoms with E-state index in [0.29, 0.717) is 5.65 Å². The van der Waals surface area contributed by atoms with Gasteiger partial charge in [-0.05, 0) is 0 Å². The number of fused-ring (bicyclic) bond motifs is 1. The molecule has 3 N–H and O–H groups in total. The average molecular weight is 151 g/mol. The molecule has 0 spiro atoms. The van der Waals surface area contributed by atoms with Crippen LogP contribution in [0.3, 0.4) is 0 Å². The first-order valence-corrected chi connectivity index (χ1v) is 2.96. The van der Waals surface area contributed by atoms with Crippen molar-refractivity contribution in [1.29, 1.82) is 0 Å². The number of anilines is 1. The van der Waals surface area contributed by atoms with Crippen LogP contribution in [0.4, 0.5) is 5.82 Å². The second kappa shape index (κ2) is 1.82. The quantitative estimate of drug-likeness (QED) is 0.505. The zero-order valence-corrected chi connectivity index (χ0v) is 5.48. The number of nitrogen functional groups attached to an aromatic ring is 1. The van der Waals surface area contributed by atoms with Gasteiger partial charge in [-0.25, -0.2) is 9.20 Å². The molecular formula is C5H5N5O. The van der Waals surface area contributed by atoms with E-state index in [4.69, 9.17) is 5.73 Å². The van der Waals surface area contributed by atoms with Crippen LogP contribution in [0.2, 0.25) is 0 Å². The van der Waals surface area contributed by atoms with Crippen molar-refractivity contribution in [2.75, 3.05) is 5.73 Å². The van der Waals surface area contributed by atoms with Crippen molar-refractivity contribution in [3.63, 3.8) is 0 Å². The lowest BCUT2D eigenvalue weighted by atomic mass is 10.6. The molecule has 0 atom stereocenters. The summed E-state index contributed by atoms with van der Waals surface area (Å²) in [6.45, 7) is 0. The minimum Gasteiger partial charge on any atom is -0.385 e. The smallest absolute Gasteiger partial charge is 0.334 e. The van der Waals surface area contributed by atoms with Gasteiger partial charge in [-0.3, -0.25) is 4.98 Å². The zero-order valence-electron chi connectivity index (χ0n) is 5.48. The van der Waals surface area contributed by atoms with Gasteiger partial charge >= 0.3 is 5.69 Å². The first kappa shape index (κ1) is 5.90. The van der Waals surface area contributed by atoms with Gasteiger partial charge in [-0.2, -0.15) is 0 Å². The van der Waals surface area contributed by atoms with Gasteiger partial charge in [-0.15, -0.1) is 10.2 Å². The van der Waals surface area contributed by atoms with Crippen molar-refractivity contribution in [2.45, 2.75) is 0 Å². The summed E-state index contributed by atoms with van der Waals surface area (Å²) >= 11 is 0. The molecule has 0 radical (unpaired) electrons. The Morgan fingerprint density at radius 3 is 3.27 bits per heavy atom. The fourth-order valence-electron chi connectivity index (χ4n) is 0.858. The van der Waals surface area contributed by atoms with Gasteiger partial charge in [0.15, 0.2) is 5.65 Å². The molecule has 0 aliphatic carbocycles. The summed E-state index contributed by atoms with van der Waals surface area (Å²) in [4.78, 5) is 13.4. The predicted octanol–water partition coefficient (Wildman–Crippen LogP) is -1.00. The van der Waals surface area contributed by atoms with Gasteiger partial charge in [0, 0.05) is 6.07 Å². The summed E-state index contributed by atoms with van der Waals surface area (Å²) in [7, 11) is 0. The highest BCUT2D eigenvalue weighted by atomic mass is 16.1. The fourth-order valence-corrected chi connectivity index (χ4v) is 0.858. The van der Waals surface area contributed by atoms with Gasteiger partial charge in [0.05, 0.1) is 0 Å². The lowest BCUT2D eigenvalue weighted by molar-refractivity contribution is 1.00. The molecule has 0 aromatic carbocycles. The topological polar surface area (TPSA) is 89.1 Å². The van der Waals surface area contributed by atoms with Crippen LogP contribution in [0.1, 0.15) is 0 Å². The van der Waals surface area contributed by atoms with Crippen LogP contribution >= 0.6 is 0 Å². The van der Waals surface area contributed by atoms with E-state index in [0.717, 1.165) is 0 Å². The SMILES string of the molecule is Nc1cc2nncn2c(=O)[nH]1. The third kappa shape index (κ3) is 0.759. The van der Waals surface area contributed by atoms with E-state index in [1.807, 2.05) is 0 Å². The molecule has 0 fully saturated rings. The molecular weight excluding hydrogens is 146 g/mol. The largest absolute Gasteiger partial charge is 0.385 e. The monoisotopic (exact) mass is 151 g/mol. The van der Waals surface area contributed by atoms with Crippen molar-refractivity contribution in [3.8, 4) is 0 Å². The van der Waals surface area contributed by atoms with E-state index >= 15 is 0 Å². The lowest BCUT2D eigenvalue weighted by Crippen LogP contribution is -2.16. The Balaban J connectivity index is 3.02. The standard InChI is InChI=1S/C5H5N5O/c6-3-1-4-9-7-2-10(4)5(11)8-3/h1-2H,6H2,(H,8,11). The van der Waals surface area contributed by atoms with Crippen LogP contribution in [0.5, 0.6) is 0 Å². The van der Waals surface area contributed by atoms with Crippen LogP contribution in [-0.2, 0) is 0 Å². The van der Waals surface area contributed by atoms with Gasteiger partial charge in [0.2, 0.25) is 0 Å². The third-order valence-corrected chi connectivity index (χ3v) is 1.33. The molecule has 0 saturated heterocycles. The summed E-state index contributed by atoms with van der Waals surface area (Å²) in [5, 5.41) is 7.19. The molecule has 2 heterocycles. The molecule has 0 bridgehead atoms. The van der Waals surface area contributed by atoms with Crippen LogP contribution in [0.25, 0.3) is 5.65 Å². The highest BCUT2D eigenvalue weighted by Gasteiger charge is 1.98. The minimum absolute atomic E-state index is 0.288. The van der Waals surface area contributed by atoms with E-state index in [1.165, 1.54) is 16.8 Å². The van der Waals surface area contributed by atoms with Crippen LogP contribution < -0.4 is 11.4 Å². The molecule has 2 aromatic heterocycles. The van der Waals surface area contributed by atoms with Crippen molar-refractivity contribution in [1.82, 2.24) is 19.6 Å². The molecule has 2 aromatic rings. The first-order chi connectivity index (χ1) is 5.27. The Morgan fingerprint density at radius 2 is 2.45 bits per heavy atom. The number of nitrogens with one attached hydrogen (secondary N) is 1. The lowest BCUT2D eigenvalue weighted by Gasteiger charge is -1.91. The number of aromatic nitrogens is 4. The number of nitrogens with two attached hydrogens (primary N) is 1. The van der Waals surface area contributed by atoms with Crippen LogP contribution in [0, 0.1) is 0 Å². The Kier molecular flexibility index (Phi) is 0.974. The Hall–Kier alpha value is -1.85. The minimum atomic E-state index is -0.329. The molecule has 0 aliphatic heterocycles. The molecule has 56 valence electrons. The summed E-state index contributed by atoms with van der Waals surface area (Å²) in [5.41, 5.74) is 5.47. The van der Waals surface area contributed by atoms with E-state index < -0.39 is 0 Å². The number of H-pyrrole nitrogens is 1. The second-order valence-corrected chi connectivity index (χ2v) is 2.09. The molecule has 0 saturated carbocycles. The van der Waals surface area contributed by atoms with E-state index in [-0.39, 0.29) is 11.5 Å². The highest BCUT2D eigenvalue weighted by Crippen LogP contribution is 1.96. The van der Waals surface area contributed by atoms with Crippen molar-refractivity contribution in [3.05, 3.63) is 22.9 Å². The molecule has 0 aliphatic rings. The van der Waals surface area contributed by atoms with Gasteiger partial charge in [0.25, 0.3) is 0 Å². The van der Waals surface area contributed by atoms with Crippen molar-refractivity contribution in [2.24, 2.45) is 0 Å². The number of hydrogen-bond donors (Lipinski definition) is 2. The Labute approximate surface area is 60.7 Å². The molecule has 0 amide bonds. The Morgan fingerprint density at radius 1 is 1.64 bits per heavy atom. The van der Waals surface area contributed by atoms with Gasteiger partial charge < -0.3 is 5.73 Å². The number of nitrogens with zero attached hydrogens (tertiary/aromatic N) is 3.